The van der Waals surface area contributed by atoms with Crippen molar-refractivity contribution in [2.45, 2.75) is 13.2 Å². The quantitative estimate of drug-likeness (QED) is 0.616. The number of carbonyl (C=O) groups excluding carboxylic acids is 1. The number of hydrogen-bond acceptors (Lipinski definition) is 4. The fourth-order valence-electron chi connectivity index (χ4n) is 2.77. The largest absolute Gasteiger partial charge is 0.493 e. The van der Waals surface area contributed by atoms with E-state index in [9.17, 15) is 9.18 Å². The molecule has 6 heteroatoms. The van der Waals surface area contributed by atoms with Gasteiger partial charge >= 0.3 is 0 Å². The standard InChI is InChI=1S/C23H22FNO4/c1-27-20-12-18(23(26)25-14-16-8-10-19(24)11-9-16)13-21(28-2)22(20)29-15-17-6-4-3-5-7-17/h3-13H,14-15H2,1-2H3,(H,25,26). The van der Waals surface area contributed by atoms with Crippen LogP contribution in [0.3, 0.4) is 0 Å². The lowest BCUT2D eigenvalue weighted by Gasteiger charge is -2.16. The molecule has 150 valence electrons. The van der Waals surface area contributed by atoms with Crippen molar-refractivity contribution in [1.29, 1.82) is 0 Å². The highest BCUT2D eigenvalue weighted by Gasteiger charge is 2.18. The Bertz CT molecular complexity index is 933. The summed E-state index contributed by atoms with van der Waals surface area (Å²) in [5.74, 6) is 0.592. The number of methoxy groups -OCH3 is 2. The van der Waals surface area contributed by atoms with E-state index in [1.807, 2.05) is 30.3 Å². The molecule has 0 saturated carbocycles. The molecule has 0 aliphatic carbocycles. The van der Waals surface area contributed by atoms with E-state index >= 15 is 0 Å². The van der Waals surface area contributed by atoms with E-state index in [0.717, 1.165) is 11.1 Å². The first-order chi connectivity index (χ1) is 14.1. The normalized spacial score (nSPS) is 10.3. The van der Waals surface area contributed by atoms with Crippen LogP contribution in [0, 0.1) is 5.82 Å². The number of halogens is 1. The second-order valence-electron chi connectivity index (χ2n) is 6.29. The van der Waals surface area contributed by atoms with Gasteiger partial charge in [0.1, 0.15) is 12.4 Å². The van der Waals surface area contributed by atoms with E-state index in [2.05, 4.69) is 5.32 Å². The maximum atomic E-state index is 13.0. The maximum Gasteiger partial charge on any atom is 0.251 e. The smallest absolute Gasteiger partial charge is 0.251 e. The Morgan fingerprint density at radius 1 is 0.897 bits per heavy atom. The number of ether oxygens (including phenoxy) is 3. The van der Waals surface area contributed by atoms with Crippen LogP contribution in [0.1, 0.15) is 21.5 Å². The fraction of sp³-hybridized carbons (Fsp3) is 0.174. The van der Waals surface area contributed by atoms with Gasteiger partial charge in [0, 0.05) is 12.1 Å². The van der Waals surface area contributed by atoms with E-state index in [1.165, 1.54) is 26.4 Å². The van der Waals surface area contributed by atoms with Crippen molar-refractivity contribution >= 4 is 5.91 Å². The van der Waals surface area contributed by atoms with Gasteiger partial charge in [-0.3, -0.25) is 4.79 Å². The Hall–Kier alpha value is -3.54. The highest BCUT2D eigenvalue weighted by molar-refractivity contribution is 5.95. The van der Waals surface area contributed by atoms with Crippen LogP contribution in [0.4, 0.5) is 4.39 Å². The molecule has 3 aromatic rings. The third-order valence-electron chi connectivity index (χ3n) is 4.32. The molecular formula is C23H22FNO4. The average molecular weight is 395 g/mol. The lowest BCUT2D eigenvalue weighted by molar-refractivity contribution is 0.0950. The zero-order valence-electron chi connectivity index (χ0n) is 16.3. The molecule has 0 heterocycles. The molecule has 3 aromatic carbocycles. The minimum Gasteiger partial charge on any atom is -0.493 e. The molecule has 0 aliphatic heterocycles. The number of carbonyl (C=O) groups is 1. The summed E-state index contributed by atoms with van der Waals surface area (Å²) in [6.07, 6.45) is 0. The summed E-state index contributed by atoms with van der Waals surface area (Å²) >= 11 is 0. The zero-order valence-corrected chi connectivity index (χ0v) is 16.3. The predicted octanol–water partition coefficient (Wildman–Crippen LogP) is 4.35. The number of rotatable bonds is 8. The predicted molar refractivity (Wildman–Crippen MR) is 108 cm³/mol. The summed E-state index contributed by atoms with van der Waals surface area (Å²) in [7, 11) is 3.01. The first kappa shape index (κ1) is 20.2. The lowest BCUT2D eigenvalue weighted by atomic mass is 10.1. The molecule has 5 nitrogen and oxygen atoms in total. The van der Waals surface area contributed by atoms with Crippen LogP contribution < -0.4 is 19.5 Å². The molecule has 29 heavy (non-hydrogen) atoms. The molecule has 0 bridgehead atoms. The molecule has 1 N–H and O–H groups in total. The molecular weight excluding hydrogens is 373 g/mol. The number of hydrogen-bond donors (Lipinski definition) is 1. The van der Waals surface area contributed by atoms with E-state index in [4.69, 9.17) is 14.2 Å². The lowest BCUT2D eigenvalue weighted by Crippen LogP contribution is -2.23. The Morgan fingerprint density at radius 3 is 2.10 bits per heavy atom. The van der Waals surface area contributed by atoms with E-state index in [1.54, 1.807) is 24.3 Å². The summed E-state index contributed by atoms with van der Waals surface area (Å²) in [6, 6.07) is 18.9. The molecule has 3 rings (SSSR count). The van der Waals surface area contributed by atoms with Crippen molar-refractivity contribution in [3.05, 3.63) is 89.2 Å². The Kier molecular flexibility index (Phi) is 6.68. The molecule has 0 aromatic heterocycles. The van der Waals surface area contributed by atoms with Crippen LogP contribution in [0.5, 0.6) is 17.2 Å². The van der Waals surface area contributed by atoms with Gasteiger partial charge in [0.2, 0.25) is 5.75 Å². The number of nitrogens with one attached hydrogen (secondary N) is 1. The summed E-state index contributed by atoms with van der Waals surface area (Å²) < 4.78 is 29.7. The van der Waals surface area contributed by atoms with Crippen LogP contribution >= 0.6 is 0 Å². The third-order valence-corrected chi connectivity index (χ3v) is 4.32. The Morgan fingerprint density at radius 2 is 1.52 bits per heavy atom. The first-order valence-corrected chi connectivity index (χ1v) is 9.06. The maximum absolute atomic E-state index is 13.0. The van der Waals surface area contributed by atoms with Crippen molar-refractivity contribution in [3.63, 3.8) is 0 Å². The van der Waals surface area contributed by atoms with Crippen LogP contribution in [0.15, 0.2) is 66.7 Å². The Labute approximate surface area is 169 Å². The SMILES string of the molecule is COc1cc(C(=O)NCc2ccc(F)cc2)cc(OC)c1OCc1ccccc1. The van der Waals surface area contributed by atoms with Crippen LogP contribution in [-0.4, -0.2) is 20.1 Å². The van der Waals surface area contributed by atoms with Gasteiger partial charge in [-0.2, -0.15) is 0 Å². The van der Waals surface area contributed by atoms with Gasteiger partial charge in [0.05, 0.1) is 14.2 Å². The summed E-state index contributed by atoms with van der Waals surface area (Å²) in [5, 5.41) is 2.80. The summed E-state index contributed by atoms with van der Waals surface area (Å²) in [6.45, 7) is 0.611. The van der Waals surface area contributed by atoms with Crippen LogP contribution in [-0.2, 0) is 13.2 Å². The first-order valence-electron chi connectivity index (χ1n) is 9.06. The average Bonchev–Trinajstić information content (AvgIpc) is 2.77. The van der Waals surface area contributed by atoms with Gasteiger partial charge in [-0.25, -0.2) is 4.39 Å². The van der Waals surface area contributed by atoms with E-state index in [-0.39, 0.29) is 18.3 Å². The van der Waals surface area contributed by atoms with Crippen molar-refractivity contribution in [2.75, 3.05) is 14.2 Å². The number of benzene rings is 3. The van der Waals surface area contributed by atoms with Crippen molar-refractivity contribution < 1.29 is 23.4 Å². The van der Waals surface area contributed by atoms with Crippen LogP contribution in [0.2, 0.25) is 0 Å². The molecule has 0 radical (unpaired) electrons. The van der Waals surface area contributed by atoms with E-state index < -0.39 is 0 Å². The van der Waals surface area contributed by atoms with Gasteiger partial charge in [0.15, 0.2) is 11.5 Å². The van der Waals surface area contributed by atoms with Gasteiger partial charge in [0.25, 0.3) is 5.91 Å². The van der Waals surface area contributed by atoms with Gasteiger partial charge in [-0.05, 0) is 35.4 Å². The van der Waals surface area contributed by atoms with Crippen molar-refractivity contribution in [2.24, 2.45) is 0 Å². The van der Waals surface area contributed by atoms with E-state index in [0.29, 0.717) is 29.4 Å². The minimum atomic E-state index is -0.319. The second kappa shape index (κ2) is 9.59. The van der Waals surface area contributed by atoms with Crippen molar-refractivity contribution in [1.82, 2.24) is 5.32 Å². The monoisotopic (exact) mass is 395 g/mol. The molecule has 0 fully saturated rings. The van der Waals surface area contributed by atoms with Crippen molar-refractivity contribution in [3.8, 4) is 17.2 Å². The highest BCUT2D eigenvalue weighted by atomic mass is 19.1. The summed E-state index contributed by atoms with van der Waals surface area (Å²) in [5.41, 5.74) is 2.16. The molecule has 0 atom stereocenters. The van der Waals surface area contributed by atoms with Gasteiger partial charge < -0.3 is 19.5 Å². The topological polar surface area (TPSA) is 56.8 Å². The molecule has 0 spiro atoms. The fourth-order valence-corrected chi connectivity index (χ4v) is 2.77. The minimum absolute atomic E-state index is 0.274. The Balaban J connectivity index is 1.75. The van der Waals surface area contributed by atoms with Gasteiger partial charge in [-0.1, -0.05) is 42.5 Å². The molecule has 1 amide bonds. The zero-order chi connectivity index (χ0) is 20.6. The second-order valence-corrected chi connectivity index (χ2v) is 6.29. The summed E-state index contributed by atoms with van der Waals surface area (Å²) in [4.78, 5) is 12.6. The molecule has 0 aliphatic rings. The molecule has 0 unspecified atom stereocenters. The highest BCUT2D eigenvalue weighted by Crippen LogP contribution is 2.39. The van der Waals surface area contributed by atoms with Gasteiger partial charge in [-0.15, -0.1) is 0 Å². The number of amides is 1. The van der Waals surface area contributed by atoms with Crippen LogP contribution in [0.25, 0.3) is 0 Å². The third kappa shape index (κ3) is 5.25. The molecule has 0 saturated heterocycles.